The lowest BCUT2D eigenvalue weighted by Crippen LogP contribution is -2.49. The van der Waals surface area contributed by atoms with Gasteiger partial charge in [0, 0.05) is 0 Å². The molecule has 3 heteroatoms. The minimum atomic E-state index is -2.84. The predicted octanol–water partition coefficient (Wildman–Crippen LogP) is 3.27. The van der Waals surface area contributed by atoms with Gasteiger partial charge in [0.1, 0.15) is 0 Å². The number of hydrogen-bond donors (Lipinski definition) is 0. The molecule has 0 N–H and O–H groups in total. The van der Waals surface area contributed by atoms with Crippen molar-refractivity contribution in [2.45, 2.75) is 52.4 Å². The molecule has 2 nitrogen and oxygen atoms in total. The van der Waals surface area contributed by atoms with Crippen LogP contribution in [0.1, 0.15) is 52.4 Å². The van der Waals surface area contributed by atoms with E-state index in [1.807, 2.05) is 13.8 Å². The molecule has 104 valence electrons. The van der Waals surface area contributed by atoms with Crippen LogP contribution in [0, 0.1) is 29.1 Å². The molecule has 4 aliphatic rings. The normalized spacial score (nSPS) is 42.7. The van der Waals surface area contributed by atoms with Crippen molar-refractivity contribution in [3.8, 4) is 0 Å². The average molecular weight is 270 g/mol. The summed E-state index contributed by atoms with van der Waals surface area (Å²) in [6.45, 7) is 4.02. The summed E-state index contributed by atoms with van der Waals surface area (Å²) in [5.74, 6) is 3.70. The van der Waals surface area contributed by atoms with Gasteiger partial charge in [-0.3, -0.25) is 0 Å². The van der Waals surface area contributed by atoms with E-state index in [1.165, 1.54) is 38.5 Å². The fourth-order valence-corrected chi connectivity index (χ4v) is 7.92. The van der Waals surface area contributed by atoms with Crippen molar-refractivity contribution in [2.24, 2.45) is 29.1 Å². The molecule has 4 fully saturated rings. The molecule has 4 aliphatic carbocycles. The van der Waals surface area contributed by atoms with Crippen molar-refractivity contribution in [3.63, 3.8) is 0 Å². The van der Waals surface area contributed by atoms with Gasteiger partial charge in [-0.05, 0) is 67.6 Å². The van der Waals surface area contributed by atoms with Gasteiger partial charge < -0.3 is 0 Å². The van der Waals surface area contributed by atoms with E-state index in [-0.39, 0.29) is 11.3 Å². The van der Waals surface area contributed by atoms with Crippen LogP contribution in [0.5, 0.6) is 0 Å². The first-order valence-electron chi connectivity index (χ1n) is 7.56. The quantitative estimate of drug-likeness (QED) is 0.785. The Morgan fingerprint density at radius 2 is 1.44 bits per heavy atom. The molecule has 0 spiro atoms. The highest BCUT2D eigenvalue weighted by Gasteiger charge is 2.52. The third-order valence-corrected chi connectivity index (χ3v) is 7.51. The van der Waals surface area contributed by atoms with Crippen molar-refractivity contribution < 1.29 is 8.42 Å². The standard InChI is InChI=1S/C15H26O2S/c1-11(2)9-18(16,17)10-15-6-12-3-13(7-15)5-14(4-12)8-15/h11-14H,3-10H2,1-2H3. The van der Waals surface area contributed by atoms with Gasteiger partial charge in [-0.2, -0.15) is 0 Å². The third-order valence-electron chi connectivity index (χ3n) is 5.28. The molecule has 0 aromatic carbocycles. The highest BCUT2D eigenvalue weighted by molar-refractivity contribution is 7.91. The Bertz CT molecular complexity index is 386. The Labute approximate surface area is 111 Å². The molecule has 0 amide bonds. The summed E-state index contributed by atoms with van der Waals surface area (Å²) >= 11 is 0. The van der Waals surface area contributed by atoms with Crippen LogP contribution in [0.4, 0.5) is 0 Å². The summed E-state index contributed by atoms with van der Waals surface area (Å²) in [5.41, 5.74) is 0.183. The molecular formula is C15H26O2S. The van der Waals surface area contributed by atoms with Crippen LogP contribution in [0.25, 0.3) is 0 Å². The van der Waals surface area contributed by atoms with Crippen LogP contribution < -0.4 is 0 Å². The smallest absolute Gasteiger partial charge is 0.151 e. The van der Waals surface area contributed by atoms with E-state index in [4.69, 9.17) is 0 Å². The summed E-state index contributed by atoms with van der Waals surface area (Å²) in [7, 11) is -2.84. The molecule has 4 rings (SSSR count). The SMILES string of the molecule is CC(C)CS(=O)(=O)CC12CC3CC(CC(C3)C1)C2. The van der Waals surface area contributed by atoms with E-state index in [0.29, 0.717) is 11.5 Å². The average Bonchev–Trinajstić information content (AvgIpc) is 2.09. The second kappa shape index (κ2) is 4.22. The summed E-state index contributed by atoms with van der Waals surface area (Å²) in [6.07, 6.45) is 7.79. The van der Waals surface area contributed by atoms with Crippen LogP contribution in [-0.4, -0.2) is 19.9 Å². The van der Waals surface area contributed by atoms with Gasteiger partial charge in [0.15, 0.2) is 9.84 Å². The van der Waals surface area contributed by atoms with E-state index in [2.05, 4.69) is 0 Å². The third kappa shape index (κ3) is 2.48. The van der Waals surface area contributed by atoms with Crippen LogP contribution in [0.2, 0.25) is 0 Å². The van der Waals surface area contributed by atoms with Crippen molar-refractivity contribution >= 4 is 9.84 Å². The lowest BCUT2D eigenvalue weighted by atomic mass is 9.50. The molecule has 0 saturated heterocycles. The second-order valence-corrected chi connectivity index (χ2v) is 9.98. The maximum atomic E-state index is 12.3. The minimum Gasteiger partial charge on any atom is -0.229 e. The maximum absolute atomic E-state index is 12.3. The molecule has 0 aliphatic heterocycles. The number of sulfone groups is 1. The molecule has 0 aromatic rings. The molecule has 4 saturated carbocycles. The summed E-state index contributed by atoms with van der Waals surface area (Å²) in [4.78, 5) is 0. The topological polar surface area (TPSA) is 34.1 Å². The van der Waals surface area contributed by atoms with E-state index >= 15 is 0 Å². The first kappa shape index (κ1) is 13.0. The molecule has 0 unspecified atom stereocenters. The zero-order chi connectivity index (χ0) is 13.0. The summed E-state index contributed by atoms with van der Waals surface area (Å²) in [6, 6.07) is 0. The summed E-state index contributed by atoms with van der Waals surface area (Å²) < 4.78 is 24.7. The van der Waals surface area contributed by atoms with Gasteiger partial charge in [-0.1, -0.05) is 13.8 Å². The van der Waals surface area contributed by atoms with Crippen LogP contribution in [0.3, 0.4) is 0 Å². The monoisotopic (exact) mass is 270 g/mol. The zero-order valence-electron chi connectivity index (χ0n) is 11.7. The fourth-order valence-electron chi connectivity index (χ4n) is 5.50. The largest absolute Gasteiger partial charge is 0.229 e. The lowest BCUT2D eigenvalue weighted by molar-refractivity contribution is -0.0390. The highest BCUT2D eigenvalue weighted by Crippen LogP contribution is 2.60. The Hall–Kier alpha value is -0.0500. The zero-order valence-corrected chi connectivity index (χ0v) is 12.5. The van der Waals surface area contributed by atoms with Crippen LogP contribution in [-0.2, 0) is 9.84 Å². The predicted molar refractivity (Wildman–Crippen MR) is 74.1 cm³/mol. The van der Waals surface area contributed by atoms with Crippen molar-refractivity contribution in [2.75, 3.05) is 11.5 Å². The van der Waals surface area contributed by atoms with E-state index < -0.39 is 9.84 Å². The first-order valence-corrected chi connectivity index (χ1v) is 9.38. The van der Waals surface area contributed by atoms with Crippen molar-refractivity contribution in [1.82, 2.24) is 0 Å². The Kier molecular flexibility index (Phi) is 3.04. The Morgan fingerprint density at radius 3 is 1.83 bits per heavy atom. The van der Waals surface area contributed by atoms with E-state index in [0.717, 1.165) is 17.8 Å². The van der Waals surface area contributed by atoms with Gasteiger partial charge in [-0.15, -0.1) is 0 Å². The Morgan fingerprint density at radius 1 is 1.00 bits per heavy atom. The van der Waals surface area contributed by atoms with E-state index in [9.17, 15) is 8.42 Å². The van der Waals surface area contributed by atoms with Crippen molar-refractivity contribution in [3.05, 3.63) is 0 Å². The van der Waals surface area contributed by atoms with Gasteiger partial charge in [-0.25, -0.2) is 8.42 Å². The molecule has 0 atom stereocenters. The second-order valence-electron chi connectivity index (χ2n) is 7.87. The Balaban J connectivity index is 1.76. The lowest BCUT2D eigenvalue weighted by Gasteiger charge is -2.56. The molecule has 18 heavy (non-hydrogen) atoms. The van der Waals surface area contributed by atoms with Crippen LogP contribution >= 0.6 is 0 Å². The van der Waals surface area contributed by atoms with E-state index in [1.54, 1.807) is 0 Å². The highest BCUT2D eigenvalue weighted by atomic mass is 32.2. The number of rotatable bonds is 4. The fraction of sp³-hybridized carbons (Fsp3) is 1.00. The summed E-state index contributed by atoms with van der Waals surface area (Å²) in [5, 5.41) is 0. The van der Waals surface area contributed by atoms with Gasteiger partial charge >= 0.3 is 0 Å². The maximum Gasteiger partial charge on any atom is 0.151 e. The molecule has 0 heterocycles. The van der Waals surface area contributed by atoms with Crippen LogP contribution in [0.15, 0.2) is 0 Å². The molecule has 0 aromatic heterocycles. The van der Waals surface area contributed by atoms with Crippen molar-refractivity contribution in [1.29, 1.82) is 0 Å². The minimum absolute atomic E-state index is 0.183. The molecule has 4 bridgehead atoms. The first-order chi connectivity index (χ1) is 8.36. The van der Waals surface area contributed by atoms with Gasteiger partial charge in [0.05, 0.1) is 11.5 Å². The van der Waals surface area contributed by atoms with Gasteiger partial charge in [0.25, 0.3) is 0 Å². The molecule has 0 radical (unpaired) electrons. The van der Waals surface area contributed by atoms with Gasteiger partial charge in [0.2, 0.25) is 0 Å². The number of hydrogen-bond acceptors (Lipinski definition) is 2. The molecular weight excluding hydrogens is 244 g/mol.